The summed E-state index contributed by atoms with van der Waals surface area (Å²) in [5.41, 5.74) is 2.11. The van der Waals surface area contributed by atoms with Crippen molar-refractivity contribution in [1.29, 1.82) is 0 Å². The van der Waals surface area contributed by atoms with Crippen LogP contribution in [0.1, 0.15) is 5.56 Å². The number of para-hydroxylation sites is 1. The fourth-order valence-corrected chi connectivity index (χ4v) is 3.56. The molecule has 0 bridgehead atoms. The monoisotopic (exact) mass is 364 g/mol. The van der Waals surface area contributed by atoms with Gasteiger partial charge in [0, 0.05) is 24.9 Å². The van der Waals surface area contributed by atoms with E-state index in [1.807, 2.05) is 24.3 Å². The molecule has 1 atom stereocenters. The first-order valence-electron chi connectivity index (χ1n) is 9.20. The van der Waals surface area contributed by atoms with Gasteiger partial charge >= 0.3 is 0 Å². The Morgan fingerprint density at radius 3 is 2.81 bits per heavy atom. The number of hydrogen-bond donors (Lipinski definition) is 0. The van der Waals surface area contributed by atoms with Crippen LogP contribution in [-0.4, -0.2) is 45.0 Å². The van der Waals surface area contributed by atoms with E-state index in [4.69, 9.17) is 19.2 Å². The smallest absolute Gasteiger partial charge is 0.145 e. The van der Waals surface area contributed by atoms with Gasteiger partial charge in [0.2, 0.25) is 0 Å². The molecule has 4 rings (SSSR count). The average molecular weight is 364 g/mol. The molecule has 140 valence electrons. The molecule has 0 saturated carbocycles. The topological polar surface area (TPSA) is 43.8 Å². The van der Waals surface area contributed by atoms with E-state index >= 15 is 0 Å². The maximum absolute atomic E-state index is 6.00. The highest BCUT2D eigenvalue weighted by atomic mass is 16.5. The Balaban J connectivity index is 1.53. The van der Waals surface area contributed by atoms with E-state index < -0.39 is 0 Å². The van der Waals surface area contributed by atoms with Crippen LogP contribution in [0.4, 0.5) is 5.82 Å². The van der Waals surface area contributed by atoms with Crippen molar-refractivity contribution in [2.75, 3.05) is 38.8 Å². The van der Waals surface area contributed by atoms with Crippen LogP contribution >= 0.6 is 0 Å². The Bertz CT molecular complexity index is 928. The minimum atomic E-state index is 0.126. The van der Waals surface area contributed by atoms with E-state index in [1.54, 1.807) is 14.2 Å². The Hall–Kier alpha value is -2.79. The van der Waals surface area contributed by atoms with Gasteiger partial charge in [-0.3, -0.25) is 0 Å². The first kappa shape index (κ1) is 17.6. The molecule has 2 heterocycles. The lowest BCUT2D eigenvalue weighted by Gasteiger charge is -2.34. The van der Waals surface area contributed by atoms with Crippen LogP contribution in [0, 0.1) is 0 Å². The van der Waals surface area contributed by atoms with E-state index in [0.29, 0.717) is 6.61 Å². The van der Waals surface area contributed by atoms with Gasteiger partial charge in [-0.1, -0.05) is 24.3 Å². The zero-order valence-corrected chi connectivity index (χ0v) is 15.7. The van der Waals surface area contributed by atoms with Crippen molar-refractivity contribution in [3.05, 3.63) is 60.2 Å². The van der Waals surface area contributed by atoms with E-state index in [0.717, 1.165) is 47.7 Å². The first-order chi connectivity index (χ1) is 13.3. The Morgan fingerprint density at radius 1 is 1.07 bits per heavy atom. The highest BCUT2D eigenvalue weighted by Crippen LogP contribution is 2.27. The molecule has 1 aliphatic rings. The van der Waals surface area contributed by atoms with Gasteiger partial charge in [-0.05, 0) is 35.9 Å². The molecule has 1 aliphatic heterocycles. The number of ether oxygens (including phenoxy) is 3. The normalized spacial score (nSPS) is 17.1. The summed E-state index contributed by atoms with van der Waals surface area (Å²) < 4.78 is 16.8. The van der Waals surface area contributed by atoms with Crippen molar-refractivity contribution in [1.82, 2.24) is 4.98 Å². The van der Waals surface area contributed by atoms with Crippen molar-refractivity contribution >= 4 is 16.7 Å². The molecule has 0 unspecified atom stereocenters. The number of morpholine rings is 1. The highest BCUT2D eigenvalue weighted by Gasteiger charge is 2.22. The Morgan fingerprint density at radius 2 is 1.96 bits per heavy atom. The van der Waals surface area contributed by atoms with Crippen molar-refractivity contribution < 1.29 is 14.2 Å². The molecular formula is C22H24N2O3. The van der Waals surface area contributed by atoms with Gasteiger partial charge in [-0.15, -0.1) is 0 Å². The Labute approximate surface area is 159 Å². The fourth-order valence-electron chi connectivity index (χ4n) is 3.56. The third kappa shape index (κ3) is 3.83. The molecule has 0 radical (unpaired) electrons. The maximum Gasteiger partial charge on any atom is 0.145 e. The second-order valence-electron chi connectivity index (χ2n) is 6.70. The quantitative estimate of drug-likeness (QED) is 0.691. The van der Waals surface area contributed by atoms with Crippen molar-refractivity contribution in [3.8, 4) is 11.5 Å². The molecule has 0 N–H and O–H groups in total. The molecule has 2 aromatic carbocycles. The van der Waals surface area contributed by atoms with Crippen LogP contribution in [-0.2, 0) is 11.2 Å². The molecule has 1 aromatic heterocycles. The summed E-state index contributed by atoms with van der Waals surface area (Å²) in [6, 6.07) is 18.3. The number of benzene rings is 2. The van der Waals surface area contributed by atoms with Crippen LogP contribution in [0.5, 0.6) is 11.5 Å². The van der Waals surface area contributed by atoms with Gasteiger partial charge < -0.3 is 19.1 Å². The third-order valence-corrected chi connectivity index (χ3v) is 4.95. The molecule has 3 aromatic rings. The summed E-state index contributed by atoms with van der Waals surface area (Å²) in [6.07, 6.45) is 0.978. The average Bonchev–Trinajstić information content (AvgIpc) is 2.73. The van der Waals surface area contributed by atoms with Crippen LogP contribution in [0.15, 0.2) is 54.6 Å². The molecule has 5 nitrogen and oxygen atoms in total. The van der Waals surface area contributed by atoms with Gasteiger partial charge in [0.25, 0.3) is 0 Å². The number of pyridine rings is 1. The van der Waals surface area contributed by atoms with Gasteiger partial charge in [0.15, 0.2) is 0 Å². The zero-order chi connectivity index (χ0) is 18.6. The van der Waals surface area contributed by atoms with Crippen molar-refractivity contribution in [3.63, 3.8) is 0 Å². The van der Waals surface area contributed by atoms with Crippen molar-refractivity contribution in [2.45, 2.75) is 12.5 Å². The summed E-state index contributed by atoms with van der Waals surface area (Å²) in [7, 11) is 3.37. The second-order valence-corrected chi connectivity index (χ2v) is 6.70. The van der Waals surface area contributed by atoms with Crippen LogP contribution in [0.2, 0.25) is 0 Å². The molecular weight excluding hydrogens is 340 g/mol. The standard InChI is InChI=1S/C22H24N2O3/c1-25-18-7-3-5-16(13-18)14-19-15-24(11-12-27-19)21-10-9-17-6-4-8-20(26-2)22(17)23-21/h3-10,13,19H,11-12,14-15H2,1-2H3/t19-/m1/s1. The number of aromatic nitrogens is 1. The predicted octanol–water partition coefficient (Wildman–Crippen LogP) is 3.70. The molecule has 27 heavy (non-hydrogen) atoms. The summed E-state index contributed by atoms with van der Waals surface area (Å²) in [5, 5.41) is 1.08. The van der Waals surface area contributed by atoms with Gasteiger partial charge in [0.1, 0.15) is 22.8 Å². The lowest BCUT2D eigenvalue weighted by atomic mass is 10.1. The number of rotatable bonds is 5. The van der Waals surface area contributed by atoms with Crippen LogP contribution in [0.25, 0.3) is 10.9 Å². The lowest BCUT2D eigenvalue weighted by molar-refractivity contribution is 0.0408. The van der Waals surface area contributed by atoms with E-state index in [1.165, 1.54) is 5.56 Å². The van der Waals surface area contributed by atoms with E-state index in [2.05, 4.69) is 35.2 Å². The summed E-state index contributed by atoms with van der Waals surface area (Å²) in [6.45, 7) is 2.34. The number of nitrogens with zero attached hydrogens (tertiary/aromatic N) is 2. The predicted molar refractivity (Wildman–Crippen MR) is 107 cm³/mol. The second kappa shape index (κ2) is 7.84. The molecule has 1 saturated heterocycles. The van der Waals surface area contributed by atoms with Crippen molar-refractivity contribution in [2.24, 2.45) is 0 Å². The van der Waals surface area contributed by atoms with Gasteiger partial charge in [-0.25, -0.2) is 4.98 Å². The highest BCUT2D eigenvalue weighted by molar-refractivity contribution is 5.86. The molecule has 0 amide bonds. The minimum Gasteiger partial charge on any atom is -0.497 e. The largest absolute Gasteiger partial charge is 0.497 e. The minimum absolute atomic E-state index is 0.126. The van der Waals surface area contributed by atoms with Gasteiger partial charge in [0.05, 0.1) is 26.9 Å². The van der Waals surface area contributed by atoms with E-state index in [-0.39, 0.29) is 6.10 Å². The molecule has 1 fully saturated rings. The number of fused-ring (bicyclic) bond motifs is 1. The fraction of sp³-hybridized carbons (Fsp3) is 0.318. The van der Waals surface area contributed by atoms with Crippen LogP contribution < -0.4 is 14.4 Å². The number of anilines is 1. The zero-order valence-electron chi connectivity index (χ0n) is 15.7. The third-order valence-electron chi connectivity index (χ3n) is 4.95. The molecule has 5 heteroatoms. The summed E-state index contributed by atoms with van der Waals surface area (Å²) in [5.74, 6) is 2.64. The summed E-state index contributed by atoms with van der Waals surface area (Å²) >= 11 is 0. The molecule has 0 spiro atoms. The number of hydrogen-bond acceptors (Lipinski definition) is 5. The summed E-state index contributed by atoms with van der Waals surface area (Å²) in [4.78, 5) is 7.16. The van der Waals surface area contributed by atoms with Crippen LogP contribution in [0.3, 0.4) is 0 Å². The first-order valence-corrected chi connectivity index (χ1v) is 9.20. The lowest BCUT2D eigenvalue weighted by Crippen LogP contribution is -2.43. The Kier molecular flexibility index (Phi) is 5.12. The SMILES string of the molecule is COc1cccc(C[C@@H]2CN(c3ccc4cccc(OC)c4n3)CCO2)c1. The maximum atomic E-state index is 6.00. The van der Waals surface area contributed by atoms with E-state index in [9.17, 15) is 0 Å². The molecule has 0 aliphatic carbocycles. The number of methoxy groups -OCH3 is 2. The van der Waals surface area contributed by atoms with Gasteiger partial charge in [-0.2, -0.15) is 0 Å².